The SMILES string of the molecule is Clc1ccccc1OCc1nnc2n1CCCC2. The Bertz CT molecular complexity index is 553. The van der Waals surface area contributed by atoms with Crippen LogP contribution in [-0.2, 0) is 19.6 Å². The van der Waals surface area contributed by atoms with Crippen molar-refractivity contribution in [3.63, 3.8) is 0 Å². The van der Waals surface area contributed by atoms with Crippen LogP contribution in [0, 0.1) is 0 Å². The van der Waals surface area contributed by atoms with Crippen molar-refractivity contribution in [3.8, 4) is 5.75 Å². The van der Waals surface area contributed by atoms with Crippen molar-refractivity contribution in [1.82, 2.24) is 14.8 Å². The molecule has 2 aromatic rings. The number of hydrogen-bond donors (Lipinski definition) is 0. The highest BCUT2D eigenvalue weighted by molar-refractivity contribution is 6.32. The van der Waals surface area contributed by atoms with E-state index in [2.05, 4.69) is 14.8 Å². The average Bonchev–Trinajstić information content (AvgIpc) is 2.81. The molecule has 0 bridgehead atoms. The molecule has 1 aromatic carbocycles. The number of aromatic nitrogens is 3. The van der Waals surface area contributed by atoms with Gasteiger partial charge >= 0.3 is 0 Å². The Morgan fingerprint density at radius 3 is 3.00 bits per heavy atom. The third-order valence-corrected chi connectivity index (χ3v) is 3.44. The lowest BCUT2D eigenvalue weighted by molar-refractivity contribution is 0.286. The summed E-state index contributed by atoms with van der Waals surface area (Å²) in [5.41, 5.74) is 0. The number of aryl methyl sites for hydroxylation is 1. The average molecular weight is 264 g/mol. The maximum atomic E-state index is 6.04. The Hall–Kier alpha value is -1.55. The third-order valence-electron chi connectivity index (χ3n) is 3.13. The van der Waals surface area contributed by atoms with Gasteiger partial charge in [0.25, 0.3) is 0 Å². The Balaban J connectivity index is 1.74. The van der Waals surface area contributed by atoms with Crippen molar-refractivity contribution in [2.75, 3.05) is 0 Å². The number of rotatable bonds is 3. The van der Waals surface area contributed by atoms with Crippen molar-refractivity contribution in [1.29, 1.82) is 0 Å². The first-order valence-electron chi connectivity index (χ1n) is 6.13. The van der Waals surface area contributed by atoms with Crippen molar-refractivity contribution in [2.24, 2.45) is 0 Å². The predicted octanol–water partition coefficient (Wildman–Crippen LogP) is 2.85. The molecule has 0 radical (unpaired) electrons. The summed E-state index contributed by atoms with van der Waals surface area (Å²) in [6.07, 6.45) is 3.40. The summed E-state index contributed by atoms with van der Waals surface area (Å²) in [7, 11) is 0. The highest BCUT2D eigenvalue weighted by Gasteiger charge is 2.16. The quantitative estimate of drug-likeness (QED) is 0.855. The largest absolute Gasteiger partial charge is 0.484 e. The summed E-state index contributed by atoms with van der Waals surface area (Å²) in [5, 5.41) is 9.00. The zero-order chi connectivity index (χ0) is 12.4. The van der Waals surface area contributed by atoms with Crippen molar-refractivity contribution >= 4 is 11.6 Å². The molecule has 18 heavy (non-hydrogen) atoms. The molecule has 1 aliphatic heterocycles. The van der Waals surface area contributed by atoms with Gasteiger partial charge in [0.15, 0.2) is 5.82 Å². The molecule has 0 fully saturated rings. The van der Waals surface area contributed by atoms with Crippen LogP contribution in [0.5, 0.6) is 5.75 Å². The van der Waals surface area contributed by atoms with Crippen LogP contribution in [0.1, 0.15) is 24.5 Å². The van der Waals surface area contributed by atoms with E-state index in [1.165, 1.54) is 12.8 Å². The van der Waals surface area contributed by atoms with E-state index in [0.717, 1.165) is 24.6 Å². The Morgan fingerprint density at radius 2 is 2.11 bits per heavy atom. The molecule has 0 saturated heterocycles. The molecule has 5 heteroatoms. The van der Waals surface area contributed by atoms with Crippen LogP contribution < -0.4 is 4.74 Å². The predicted molar refractivity (Wildman–Crippen MR) is 68.7 cm³/mol. The molecule has 1 aromatic heterocycles. The fraction of sp³-hybridized carbons (Fsp3) is 0.385. The lowest BCUT2D eigenvalue weighted by Crippen LogP contribution is -2.14. The van der Waals surface area contributed by atoms with E-state index in [1.54, 1.807) is 0 Å². The van der Waals surface area contributed by atoms with E-state index in [9.17, 15) is 0 Å². The van der Waals surface area contributed by atoms with Crippen molar-refractivity contribution in [3.05, 3.63) is 40.9 Å². The number of halogens is 1. The molecule has 3 rings (SSSR count). The van der Waals surface area contributed by atoms with E-state index >= 15 is 0 Å². The highest BCUT2D eigenvalue weighted by Crippen LogP contribution is 2.24. The van der Waals surface area contributed by atoms with Crippen LogP contribution in [0.3, 0.4) is 0 Å². The number of hydrogen-bond acceptors (Lipinski definition) is 3. The van der Waals surface area contributed by atoms with Gasteiger partial charge in [-0.05, 0) is 25.0 Å². The van der Waals surface area contributed by atoms with Gasteiger partial charge in [-0.3, -0.25) is 0 Å². The number of ether oxygens (including phenoxy) is 1. The van der Waals surface area contributed by atoms with Gasteiger partial charge in [-0.25, -0.2) is 0 Å². The van der Waals surface area contributed by atoms with Gasteiger partial charge < -0.3 is 9.30 Å². The molecule has 2 heterocycles. The van der Waals surface area contributed by atoms with Crippen LogP contribution in [0.4, 0.5) is 0 Å². The second kappa shape index (κ2) is 4.98. The van der Waals surface area contributed by atoms with E-state index in [0.29, 0.717) is 17.4 Å². The smallest absolute Gasteiger partial charge is 0.171 e. The molecular weight excluding hydrogens is 250 g/mol. The van der Waals surface area contributed by atoms with Crippen molar-refractivity contribution < 1.29 is 4.74 Å². The van der Waals surface area contributed by atoms with Gasteiger partial charge in [-0.15, -0.1) is 10.2 Å². The number of nitrogens with zero attached hydrogens (tertiary/aromatic N) is 3. The van der Waals surface area contributed by atoms with Gasteiger partial charge in [-0.1, -0.05) is 23.7 Å². The summed E-state index contributed by atoms with van der Waals surface area (Å²) >= 11 is 6.04. The van der Waals surface area contributed by atoms with Crippen LogP contribution in [0.25, 0.3) is 0 Å². The summed E-state index contributed by atoms with van der Waals surface area (Å²) in [6.45, 7) is 1.40. The normalized spacial score (nSPS) is 14.3. The number of benzene rings is 1. The molecule has 0 amide bonds. The van der Waals surface area contributed by atoms with Gasteiger partial charge in [-0.2, -0.15) is 0 Å². The zero-order valence-electron chi connectivity index (χ0n) is 9.97. The maximum Gasteiger partial charge on any atom is 0.171 e. The van der Waals surface area contributed by atoms with E-state index in [-0.39, 0.29) is 0 Å². The van der Waals surface area contributed by atoms with Gasteiger partial charge in [0.2, 0.25) is 0 Å². The first-order valence-corrected chi connectivity index (χ1v) is 6.50. The third kappa shape index (κ3) is 2.20. The molecule has 0 spiro atoms. The fourth-order valence-electron chi connectivity index (χ4n) is 2.18. The molecule has 0 atom stereocenters. The molecule has 0 unspecified atom stereocenters. The van der Waals surface area contributed by atoms with E-state index in [1.807, 2.05) is 24.3 Å². The first kappa shape index (κ1) is 11.5. The Kier molecular flexibility index (Phi) is 3.19. The maximum absolute atomic E-state index is 6.04. The second-order valence-corrected chi connectivity index (χ2v) is 4.77. The van der Waals surface area contributed by atoms with Crippen LogP contribution in [-0.4, -0.2) is 14.8 Å². The van der Waals surface area contributed by atoms with Crippen molar-refractivity contribution in [2.45, 2.75) is 32.4 Å². The molecule has 0 N–H and O–H groups in total. The number of para-hydroxylation sites is 1. The lowest BCUT2D eigenvalue weighted by atomic mass is 10.2. The van der Waals surface area contributed by atoms with Crippen LogP contribution >= 0.6 is 11.6 Å². The molecule has 94 valence electrons. The summed E-state index contributed by atoms with van der Waals surface area (Å²) < 4.78 is 7.85. The highest BCUT2D eigenvalue weighted by atomic mass is 35.5. The van der Waals surface area contributed by atoms with Crippen LogP contribution in [0.2, 0.25) is 5.02 Å². The minimum atomic E-state index is 0.413. The number of fused-ring (bicyclic) bond motifs is 1. The summed E-state index contributed by atoms with van der Waals surface area (Å²) in [5.74, 6) is 2.64. The summed E-state index contributed by atoms with van der Waals surface area (Å²) in [6, 6.07) is 7.46. The Labute approximate surface area is 111 Å². The molecule has 0 saturated carbocycles. The lowest BCUT2D eigenvalue weighted by Gasteiger charge is -2.15. The molecule has 0 aliphatic carbocycles. The van der Waals surface area contributed by atoms with E-state index in [4.69, 9.17) is 16.3 Å². The van der Waals surface area contributed by atoms with Crippen LogP contribution in [0.15, 0.2) is 24.3 Å². The topological polar surface area (TPSA) is 39.9 Å². The first-order chi connectivity index (χ1) is 8.84. The van der Waals surface area contributed by atoms with Gasteiger partial charge in [0.05, 0.1) is 5.02 Å². The molecule has 1 aliphatic rings. The minimum absolute atomic E-state index is 0.413. The standard InChI is InChI=1S/C13H14ClN3O/c14-10-5-1-2-6-11(10)18-9-13-16-15-12-7-3-4-8-17(12)13/h1-2,5-6H,3-4,7-9H2. The molecule has 4 nitrogen and oxygen atoms in total. The summed E-state index contributed by atoms with van der Waals surface area (Å²) in [4.78, 5) is 0. The monoisotopic (exact) mass is 263 g/mol. The zero-order valence-corrected chi connectivity index (χ0v) is 10.7. The minimum Gasteiger partial charge on any atom is -0.484 e. The second-order valence-electron chi connectivity index (χ2n) is 4.36. The molecular formula is C13H14ClN3O. The van der Waals surface area contributed by atoms with Gasteiger partial charge in [0, 0.05) is 13.0 Å². The van der Waals surface area contributed by atoms with Gasteiger partial charge in [0.1, 0.15) is 18.2 Å². The fourth-order valence-corrected chi connectivity index (χ4v) is 2.37. The van der Waals surface area contributed by atoms with E-state index < -0.39 is 0 Å². The Morgan fingerprint density at radius 1 is 1.22 bits per heavy atom.